The van der Waals surface area contributed by atoms with Gasteiger partial charge in [0, 0.05) is 31.9 Å². The van der Waals surface area contributed by atoms with Crippen LogP contribution in [0.5, 0.6) is 0 Å². The maximum Gasteiger partial charge on any atom is 0.151 e. The Hall–Kier alpha value is -0.620. The molecule has 0 radical (unpaired) electrons. The Labute approximate surface area is 129 Å². The summed E-state index contributed by atoms with van der Waals surface area (Å²) in [5.74, 6) is 1.17. The smallest absolute Gasteiger partial charge is 0.151 e. The summed E-state index contributed by atoms with van der Waals surface area (Å²) in [5, 5.41) is 0. The first kappa shape index (κ1) is 14.3. The molecular formula is C15H21N3S2. The maximum atomic E-state index is 4.67. The molecule has 20 heavy (non-hydrogen) atoms. The van der Waals surface area contributed by atoms with E-state index in [9.17, 15) is 0 Å². The lowest BCUT2D eigenvalue weighted by Gasteiger charge is -2.32. The fraction of sp³-hybridized carbons (Fsp3) is 0.533. The van der Waals surface area contributed by atoms with Crippen LogP contribution in [0.2, 0.25) is 0 Å². The molecule has 1 aliphatic heterocycles. The molecule has 3 rings (SSSR count). The zero-order valence-corrected chi connectivity index (χ0v) is 13.6. The van der Waals surface area contributed by atoms with Crippen molar-refractivity contribution >= 4 is 33.3 Å². The summed E-state index contributed by atoms with van der Waals surface area (Å²) in [5.41, 5.74) is 1.14. The van der Waals surface area contributed by atoms with Crippen LogP contribution in [0.15, 0.2) is 28.6 Å². The van der Waals surface area contributed by atoms with Crippen LogP contribution in [0, 0.1) is 0 Å². The van der Waals surface area contributed by atoms with Gasteiger partial charge in [0.2, 0.25) is 0 Å². The third kappa shape index (κ3) is 3.73. The fourth-order valence-electron chi connectivity index (χ4n) is 2.43. The molecule has 0 spiro atoms. The topological polar surface area (TPSA) is 19.4 Å². The normalized spacial score (nSPS) is 17.9. The van der Waals surface area contributed by atoms with Crippen LogP contribution >= 0.6 is 23.1 Å². The molecule has 1 saturated heterocycles. The Morgan fingerprint density at radius 2 is 2.00 bits per heavy atom. The van der Waals surface area contributed by atoms with E-state index in [0.29, 0.717) is 0 Å². The third-order valence-electron chi connectivity index (χ3n) is 3.71. The summed E-state index contributed by atoms with van der Waals surface area (Å²) >= 11 is 3.72. The minimum atomic E-state index is 1.14. The molecule has 0 unspecified atom stereocenters. The van der Waals surface area contributed by atoms with Crippen molar-refractivity contribution in [3.8, 4) is 0 Å². The molecule has 0 saturated carbocycles. The van der Waals surface area contributed by atoms with Crippen molar-refractivity contribution in [2.24, 2.45) is 0 Å². The van der Waals surface area contributed by atoms with Gasteiger partial charge < -0.3 is 9.80 Å². The number of rotatable bonds is 5. The lowest BCUT2D eigenvalue weighted by Crippen LogP contribution is -2.44. The number of likely N-dealkylation sites (N-methyl/N-ethyl adjacent to an activating group) is 1. The second-order valence-corrected chi connectivity index (χ2v) is 7.67. The minimum absolute atomic E-state index is 1.14. The number of hydrogen-bond donors (Lipinski definition) is 0. The van der Waals surface area contributed by atoms with Gasteiger partial charge in [-0.2, -0.15) is 0 Å². The molecule has 0 N–H and O–H groups in total. The molecule has 0 bridgehead atoms. The van der Waals surface area contributed by atoms with Gasteiger partial charge in [0.25, 0.3) is 0 Å². The molecule has 0 aliphatic carbocycles. The summed E-state index contributed by atoms with van der Waals surface area (Å²) in [6, 6.07) is 8.40. The molecule has 1 fully saturated rings. The van der Waals surface area contributed by atoms with Crippen molar-refractivity contribution in [1.29, 1.82) is 0 Å². The molecule has 2 heterocycles. The quantitative estimate of drug-likeness (QED) is 0.624. The van der Waals surface area contributed by atoms with Crippen molar-refractivity contribution in [2.75, 3.05) is 45.5 Å². The van der Waals surface area contributed by atoms with Crippen LogP contribution in [-0.2, 0) is 0 Å². The van der Waals surface area contributed by atoms with E-state index >= 15 is 0 Å². The predicted octanol–water partition coefficient (Wildman–Crippen LogP) is 3.03. The lowest BCUT2D eigenvalue weighted by atomic mass is 10.3. The van der Waals surface area contributed by atoms with Gasteiger partial charge in [-0.25, -0.2) is 4.98 Å². The molecule has 2 aromatic rings. The summed E-state index contributed by atoms with van der Waals surface area (Å²) in [6.07, 6.45) is 1.25. The summed E-state index contributed by atoms with van der Waals surface area (Å²) in [7, 11) is 2.21. The van der Waals surface area contributed by atoms with Crippen LogP contribution in [0.1, 0.15) is 6.42 Å². The van der Waals surface area contributed by atoms with Crippen molar-refractivity contribution in [1.82, 2.24) is 14.8 Å². The van der Waals surface area contributed by atoms with E-state index in [0.717, 1.165) is 5.52 Å². The van der Waals surface area contributed by atoms with Gasteiger partial charge in [-0.15, -0.1) is 11.3 Å². The van der Waals surface area contributed by atoms with E-state index in [1.165, 1.54) is 53.9 Å². The largest absolute Gasteiger partial charge is 0.304 e. The van der Waals surface area contributed by atoms with Gasteiger partial charge in [-0.1, -0.05) is 23.9 Å². The SMILES string of the molecule is CN1CCN(CCCSc2nc3ccccc3s2)CC1. The second-order valence-electron chi connectivity index (χ2n) is 5.29. The van der Waals surface area contributed by atoms with E-state index in [2.05, 4.69) is 46.1 Å². The standard InChI is InChI=1S/C15H21N3S2/c1-17-8-10-18(11-9-17)7-4-12-19-15-16-13-5-2-3-6-14(13)20-15/h2-3,5-6H,4,7-12H2,1H3. The van der Waals surface area contributed by atoms with Crippen molar-refractivity contribution in [3.05, 3.63) is 24.3 Å². The number of aromatic nitrogens is 1. The molecular weight excluding hydrogens is 286 g/mol. The van der Waals surface area contributed by atoms with Crippen LogP contribution in [0.4, 0.5) is 0 Å². The number of nitrogens with zero attached hydrogens (tertiary/aromatic N) is 3. The van der Waals surface area contributed by atoms with Gasteiger partial charge in [-0.05, 0) is 32.1 Å². The number of fused-ring (bicyclic) bond motifs is 1. The zero-order valence-electron chi connectivity index (χ0n) is 11.9. The number of benzene rings is 1. The Balaban J connectivity index is 1.41. The maximum absolute atomic E-state index is 4.67. The second kappa shape index (κ2) is 6.89. The average Bonchev–Trinajstić information content (AvgIpc) is 2.88. The van der Waals surface area contributed by atoms with E-state index in [-0.39, 0.29) is 0 Å². The number of thiazole rings is 1. The first-order valence-electron chi connectivity index (χ1n) is 7.20. The molecule has 1 aromatic heterocycles. The minimum Gasteiger partial charge on any atom is -0.304 e. The van der Waals surface area contributed by atoms with Crippen LogP contribution in [0.25, 0.3) is 10.2 Å². The summed E-state index contributed by atoms with van der Waals surface area (Å²) < 4.78 is 2.51. The van der Waals surface area contributed by atoms with Gasteiger partial charge in [0.05, 0.1) is 10.2 Å². The Morgan fingerprint density at radius 3 is 2.80 bits per heavy atom. The van der Waals surface area contributed by atoms with Gasteiger partial charge >= 0.3 is 0 Å². The van der Waals surface area contributed by atoms with E-state index in [1.54, 1.807) is 0 Å². The fourth-order valence-corrected chi connectivity index (χ4v) is 4.49. The molecule has 1 aliphatic rings. The molecule has 3 nitrogen and oxygen atoms in total. The molecule has 108 valence electrons. The number of para-hydroxylation sites is 1. The molecule has 5 heteroatoms. The highest BCUT2D eigenvalue weighted by molar-refractivity contribution is 8.01. The van der Waals surface area contributed by atoms with Crippen LogP contribution < -0.4 is 0 Å². The van der Waals surface area contributed by atoms with Gasteiger partial charge in [0.1, 0.15) is 0 Å². The number of thioether (sulfide) groups is 1. The highest BCUT2D eigenvalue weighted by atomic mass is 32.2. The van der Waals surface area contributed by atoms with E-state index < -0.39 is 0 Å². The van der Waals surface area contributed by atoms with Gasteiger partial charge in [-0.3, -0.25) is 0 Å². The predicted molar refractivity (Wildman–Crippen MR) is 88.9 cm³/mol. The first-order chi connectivity index (χ1) is 9.81. The number of piperazine rings is 1. The summed E-state index contributed by atoms with van der Waals surface area (Å²) in [4.78, 5) is 9.66. The van der Waals surface area contributed by atoms with Crippen LogP contribution in [-0.4, -0.2) is 60.3 Å². The molecule has 0 amide bonds. The Bertz CT molecular complexity index is 514. The monoisotopic (exact) mass is 307 g/mol. The van der Waals surface area contributed by atoms with Crippen LogP contribution in [0.3, 0.4) is 0 Å². The highest BCUT2D eigenvalue weighted by Crippen LogP contribution is 2.29. The molecule has 1 aromatic carbocycles. The summed E-state index contributed by atoms with van der Waals surface area (Å²) in [6.45, 7) is 6.10. The van der Waals surface area contributed by atoms with Crippen molar-refractivity contribution < 1.29 is 0 Å². The Kier molecular flexibility index (Phi) is 4.94. The van der Waals surface area contributed by atoms with Gasteiger partial charge in [0.15, 0.2) is 4.34 Å². The van der Waals surface area contributed by atoms with Crippen molar-refractivity contribution in [2.45, 2.75) is 10.8 Å². The average molecular weight is 307 g/mol. The zero-order chi connectivity index (χ0) is 13.8. The Morgan fingerprint density at radius 1 is 1.20 bits per heavy atom. The first-order valence-corrected chi connectivity index (χ1v) is 9.01. The van der Waals surface area contributed by atoms with E-state index in [1.807, 2.05) is 23.1 Å². The highest BCUT2D eigenvalue weighted by Gasteiger charge is 2.13. The van der Waals surface area contributed by atoms with E-state index in [4.69, 9.17) is 0 Å². The molecule has 0 atom stereocenters. The lowest BCUT2D eigenvalue weighted by molar-refractivity contribution is 0.154. The number of hydrogen-bond acceptors (Lipinski definition) is 5. The van der Waals surface area contributed by atoms with Crippen molar-refractivity contribution in [3.63, 3.8) is 0 Å². The third-order valence-corrected chi connectivity index (χ3v) is 5.98.